The summed E-state index contributed by atoms with van der Waals surface area (Å²) in [6.07, 6.45) is 5.50. The van der Waals surface area contributed by atoms with E-state index in [0.29, 0.717) is 28.5 Å². The van der Waals surface area contributed by atoms with Gasteiger partial charge in [0.25, 0.3) is 5.56 Å². The molecule has 7 nitrogen and oxygen atoms in total. The topological polar surface area (TPSA) is 124 Å². The number of fused-ring (bicyclic) bond motifs is 4. The third-order valence-corrected chi connectivity index (χ3v) is 6.44. The number of hydrogen-bond donors (Lipinski definition) is 3. The molecule has 6 rings (SSSR count). The summed E-state index contributed by atoms with van der Waals surface area (Å²) in [6.45, 7) is 0. The van der Waals surface area contributed by atoms with Gasteiger partial charge < -0.3 is 10.7 Å². The molecule has 0 saturated heterocycles. The van der Waals surface area contributed by atoms with Crippen LogP contribution in [0.1, 0.15) is 18.4 Å². The number of nitriles is 1. The minimum atomic E-state index is -0.436. The third kappa shape index (κ3) is 2.54. The van der Waals surface area contributed by atoms with Crippen molar-refractivity contribution >= 4 is 38.4 Å². The fourth-order valence-corrected chi connectivity index (χ4v) is 4.58. The van der Waals surface area contributed by atoms with Crippen LogP contribution in [0.15, 0.2) is 47.5 Å². The molecule has 1 fully saturated rings. The first-order valence-corrected chi connectivity index (χ1v) is 10.3. The smallest absolute Gasteiger partial charge is 0.272 e. The minimum absolute atomic E-state index is 0.0437. The standard InChI is InChI=1S/C24H17FN6O/c25-17-4-3-13(16-10-29-31-22(16)17)18-15-8-12(9-24(11-26)5-6-24)20-14(2-1-7-28-20)21(15)30-23(32)19(18)27/h1-4,7-8,10H,5-6,9,27H2,(H,29,31)(H,30,32). The van der Waals surface area contributed by atoms with Crippen molar-refractivity contribution in [3.8, 4) is 17.2 Å². The zero-order valence-electron chi connectivity index (χ0n) is 16.9. The first-order valence-electron chi connectivity index (χ1n) is 10.3. The number of nitrogens with zero attached hydrogens (tertiary/aromatic N) is 3. The molecule has 0 amide bonds. The number of nitrogen functional groups attached to an aromatic ring is 1. The molecule has 1 aliphatic carbocycles. The fraction of sp³-hybridized carbons (Fsp3) is 0.167. The second kappa shape index (κ2) is 6.37. The van der Waals surface area contributed by atoms with E-state index >= 15 is 0 Å². The van der Waals surface area contributed by atoms with Gasteiger partial charge in [0.05, 0.1) is 28.7 Å². The molecule has 0 radical (unpaired) electrons. The van der Waals surface area contributed by atoms with Crippen LogP contribution in [-0.4, -0.2) is 20.2 Å². The van der Waals surface area contributed by atoms with Crippen LogP contribution in [0, 0.1) is 22.6 Å². The largest absolute Gasteiger partial charge is 0.394 e. The molecule has 156 valence electrons. The van der Waals surface area contributed by atoms with E-state index in [0.717, 1.165) is 34.7 Å². The van der Waals surface area contributed by atoms with Crippen LogP contribution in [0.2, 0.25) is 0 Å². The van der Waals surface area contributed by atoms with E-state index in [4.69, 9.17) is 5.73 Å². The van der Waals surface area contributed by atoms with Gasteiger partial charge in [0.1, 0.15) is 17.0 Å². The summed E-state index contributed by atoms with van der Waals surface area (Å²) in [5.41, 5.74) is 9.20. The summed E-state index contributed by atoms with van der Waals surface area (Å²) in [4.78, 5) is 20.3. The number of halogens is 1. The second-order valence-electron chi connectivity index (χ2n) is 8.42. The van der Waals surface area contributed by atoms with Crippen LogP contribution in [0.3, 0.4) is 0 Å². The van der Waals surface area contributed by atoms with E-state index in [1.54, 1.807) is 12.3 Å². The summed E-state index contributed by atoms with van der Waals surface area (Å²) >= 11 is 0. The highest BCUT2D eigenvalue weighted by molar-refractivity contribution is 6.15. The molecule has 4 N–H and O–H groups in total. The minimum Gasteiger partial charge on any atom is -0.394 e. The molecule has 0 spiro atoms. The number of nitrogens with one attached hydrogen (secondary N) is 2. The van der Waals surface area contributed by atoms with E-state index in [9.17, 15) is 14.4 Å². The lowest BCUT2D eigenvalue weighted by Crippen LogP contribution is -2.14. The van der Waals surface area contributed by atoms with Crippen LogP contribution < -0.4 is 11.3 Å². The van der Waals surface area contributed by atoms with Gasteiger partial charge in [-0.3, -0.25) is 14.9 Å². The van der Waals surface area contributed by atoms with Crippen LogP contribution in [-0.2, 0) is 6.42 Å². The fourth-order valence-electron chi connectivity index (χ4n) is 4.58. The Morgan fingerprint density at radius 2 is 2.03 bits per heavy atom. The van der Waals surface area contributed by atoms with Crippen molar-refractivity contribution in [1.82, 2.24) is 20.2 Å². The molecule has 1 saturated carbocycles. The van der Waals surface area contributed by atoms with E-state index in [2.05, 4.69) is 26.2 Å². The number of benzene rings is 2. The van der Waals surface area contributed by atoms with Crippen LogP contribution in [0.5, 0.6) is 0 Å². The van der Waals surface area contributed by atoms with Gasteiger partial charge in [-0.1, -0.05) is 6.07 Å². The molecule has 0 unspecified atom stereocenters. The highest BCUT2D eigenvalue weighted by Crippen LogP contribution is 2.49. The maximum Gasteiger partial charge on any atom is 0.272 e. The monoisotopic (exact) mass is 424 g/mol. The Hall–Kier alpha value is -4.25. The molecule has 0 bridgehead atoms. The number of pyridine rings is 2. The van der Waals surface area contributed by atoms with Crippen LogP contribution >= 0.6 is 0 Å². The predicted molar refractivity (Wildman–Crippen MR) is 120 cm³/mol. The van der Waals surface area contributed by atoms with Gasteiger partial charge in [-0.15, -0.1) is 0 Å². The SMILES string of the molecule is N#CC1(Cc2cc3c(-c4ccc(F)c5[nH]ncc45)c(N)c(=O)[nH]c3c3cccnc23)CC1. The number of aromatic amines is 2. The summed E-state index contributed by atoms with van der Waals surface area (Å²) in [7, 11) is 0. The van der Waals surface area contributed by atoms with Gasteiger partial charge in [0.2, 0.25) is 0 Å². The van der Waals surface area contributed by atoms with Gasteiger partial charge in [-0.25, -0.2) is 4.39 Å². The Labute approximate surface area is 180 Å². The number of hydrogen-bond acceptors (Lipinski definition) is 5. The highest BCUT2D eigenvalue weighted by atomic mass is 19.1. The molecule has 8 heteroatoms. The zero-order chi connectivity index (χ0) is 22.0. The molecular formula is C24H17FN6O. The van der Waals surface area contributed by atoms with Crippen molar-refractivity contribution in [3.05, 3.63) is 64.5 Å². The quantitative estimate of drug-likeness (QED) is 0.375. The Morgan fingerprint density at radius 1 is 1.19 bits per heavy atom. The average Bonchev–Trinajstić information content (AvgIpc) is 3.39. The van der Waals surface area contributed by atoms with Crippen LogP contribution in [0.25, 0.3) is 43.8 Å². The lowest BCUT2D eigenvalue weighted by Gasteiger charge is -2.16. The lowest BCUT2D eigenvalue weighted by molar-refractivity contribution is 0.636. The molecule has 0 aliphatic heterocycles. The van der Waals surface area contributed by atoms with Gasteiger partial charge in [-0.05, 0) is 54.7 Å². The van der Waals surface area contributed by atoms with Crippen molar-refractivity contribution in [2.45, 2.75) is 19.3 Å². The van der Waals surface area contributed by atoms with E-state index in [-0.39, 0.29) is 16.6 Å². The van der Waals surface area contributed by atoms with Gasteiger partial charge in [0, 0.05) is 27.9 Å². The van der Waals surface area contributed by atoms with Crippen molar-refractivity contribution in [2.24, 2.45) is 5.41 Å². The summed E-state index contributed by atoms with van der Waals surface area (Å²) in [5.74, 6) is -0.436. The zero-order valence-corrected chi connectivity index (χ0v) is 16.9. The Kier molecular flexibility index (Phi) is 3.69. The number of rotatable bonds is 3. The van der Waals surface area contributed by atoms with E-state index in [1.165, 1.54) is 12.3 Å². The van der Waals surface area contributed by atoms with Crippen molar-refractivity contribution in [1.29, 1.82) is 5.26 Å². The normalized spacial score (nSPS) is 14.8. The summed E-state index contributed by atoms with van der Waals surface area (Å²) in [6, 6.07) is 11.1. The van der Waals surface area contributed by atoms with Crippen molar-refractivity contribution in [3.63, 3.8) is 0 Å². The molecule has 3 aromatic heterocycles. The van der Waals surface area contributed by atoms with E-state index in [1.807, 2.05) is 18.2 Å². The second-order valence-corrected chi connectivity index (χ2v) is 8.42. The summed E-state index contributed by atoms with van der Waals surface area (Å²) < 4.78 is 14.3. The van der Waals surface area contributed by atoms with Gasteiger partial charge in [-0.2, -0.15) is 10.4 Å². The highest BCUT2D eigenvalue weighted by Gasteiger charge is 2.43. The molecule has 1 aliphatic rings. The third-order valence-electron chi connectivity index (χ3n) is 6.44. The van der Waals surface area contributed by atoms with Crippen molar-refractivity contribution in [2.75, 3.05) is 5.73 Å². The average molecular weight is 424 g/mol. The molecule has 32 heavy (non-hydrogen) atoms. The number of nitrogens with two attached hydrogens (primary N) is 1. The molecule has 2 aromatic carbocycles. The first-order chi connectivity index (χ1) is 15.5. The predicted octanol–water partition coefficient (Wildman–Crippen LogP) is 4.19. The molecule has 3 heterocycles. The Balaban J connectivity index is 1.76. The van der Waals surface area contributed by atoms with E-state index < -0.39 is 11.4 Å². The van der Waals surface area contributed by atoms with Gasteiger partial charge in [0.15, 0.2) is 0 Å². The number of anilines is 1. The number of aromatic nitrogens is 4. The van der Waals surface area contributed by atoms with Gasteiger partial charge >= 0.3 is 0 Å². The first kappa shape index (κ1) is 18.5. The van der Waals surface area contributed by atoms with Crippen LogP contribution in [0.4, 0.5) is 10.1 Å². The maximum absolute atomic E-state index is 14.3. The molecule has 0 atom stereocenters. The Bertz CT molecular complexity index is 1670. The van der Waals surface area contributed by atoms with Crippen molar-refractivity contribution < 1.29 is 4.39 Å². The molecular weight excluding hydrogens is 407 g/mol. The number of H-pyrrole nitrogens is 2. The Morgan fingerprint density at radius 3 is 2.81 bits per heavy atom. The summed E-state index contributed by atoms with van der Waals surface area (Å²) in [5, 5.41) is 18.3. The maximum atomic E-state index is 14.3. The lowest BCUT2D eigenvalue weighted by atomic mass is 9.90. The molecule has 5 aromatic rings.